The van der Waals surface area contributed by atoms with Crippen LogP contribution in [0.1, 0.15) is 10.9 Å². The number of para-hydroxylation sites is 2. The molecule has 110 valence electrons. The summed E-state index contributed by atoms with van der Waals surface area (Å²) in [6, 6.07) is 15.6. The number of thioether (sulfide) groups is 1. The van der Waals surface area contributed by atoms with Crippen LogP contribution in [0.4, 0.5) is 5.69 Å². The van der Waals surface area contributed by atoms with Crippen LogP contribution in [0, 0.1) is 0 Å². The highest BCUT2D eigenvalue weighted by Crippen LogP contribution is 2.45. The van der Waals surface area contributed by atoms with E-state index in [1.165, 1.54) is 0 Å². The summed E-state index contributed by atoms with van der Waals surface area (Å²) in [6.45, 7) is 0. The molecule has 1 N–H and O–H groups in total. The van der Waals surface area contributed by atoms with E-state index in [-0.39, 0.29) is 11.3 Å². The zero-order chi connectivity index (χ0) is 15.1. The van der Waals surface area contributed by atoms with E-state index in [1.807, 2.05) is 53.6 Å². The molecule has 0 saturated carbocycles. The molecule has 2 heterocycles. The highest BCUT2D eigenvalue weighted by Gasteiger charge is 2.36. The highest BCUT2D eigenvalue weighted by molar-refractivity contribution is 8.00. The first kappa shape index (κ1) is 13.7. The van der Waals surface area contributed by atoms with Gasteiger partial charge in [-0.2, -0.15) is 0 Å². The van der Waals surface area contributed by atoms with E-state index in [1.54, 1.807) is 11.8 Å². The number of halogens is 1. The SMILES string of the molecule is O=C1CSC(c2c[nH]c3ccccc23)N1c1ccccc1Cl. The van der Waals surface area contributed by atoms with Gasteiger partial charge in [-0.15, -0.1) is 11.8 Å². The lowest BCUT2D eigenvalue weighted by atomic mass is 10.1. The number of amides is 1. The summed E-state index contributed by atoms with van der Waals surface area (Å²) in [5.74, 6) is 0.559. The van der Waals surface area contributed by atoms with Crippen LogP contribution in [0.3, 0.4) is 0 Å². The number of carbonyl (C=O) groups is 1. The Kier molecular flexibility index (Phi) is 3.36. The number of aromatic nitrogens is 1. The van der Waals surface area contributed by atoms with E-state index in [2.05, 4.69) is 11.1 Å². The minimum Gasteiger partial charge on any atom is -0.361 e. The lowest BCUT2D eigenvalue weighted by Gasteiger charge is -2.24. The number of hydrogen-bond acceptors (Lipinski definition) is 2. The maximum Gasteiger partial charge on any atom is 0.238 e. The maximum atomic E-state index is 12.4. The number of nitrogens with zero attached hydrogens (tertiary/aromatic N) is 1. The van der Waals surface area contributed by atoms with Crippen molar-refractivity contribution in [1.82, 2.24) is 4.98 Å². The van der Waals surface area contributed by atoms with Gasteiger partial charge in [-0.1, -0.05) is 41.9 Å². The predicted molar refractivity (Wildman–Crippen MR) is 92.4 cm³/mol. The standard InChI is InChI=1S/C17H13ClN2OS/c18-13-6-2-4-8-15(13)20-16(21)10-22-17(20)12-9-19-14-7-3-1-5-11(12)14/h1-9,17,19H,10H2. The molecule has 1 aromatic heterocycles. The zero-order valence-corrected chi connectivity index (χ0v) is 13.2. The van der Waals surface area contributed by atoms with E-state index < -0.39 is 0 Å². The fraction of sp³-hybridized carbons (Fsp3) is 0.118. The maximum absolute atomic E-state index is 12.4. The molecule has 0 aliphatic carbocycles. The van der Waals surface area contributed by atoms with Crippen LogP contribution in [0.5, 0.6) is 0 Å². The van der Waals surface area contributed by atoms with Crippen molar-refractivity contribution in [2.75, 3.05) is 10.7 Å². The van der Waals surface area contributed by atoms with E-state index in [0.29, 0.717) is 10.8 Å². The molecule has 5 heteroatoms. The Hall–Kier alpha value is -1.91. The first-order valence-electron chi connectivity index (χ1n) is 7.00. The second-order valence-corrected chi connectivity index (χ2v) is 6.64. The number of anilines is 1. The van der Waals surface area contributed by atoms with Crippen LogP contribution in [0.2, 0.25) is 5.02 Å². The van der Waals surface area contributed by atoms with Gasteiger partial charge < -0.3 is 4.98 Å². The van der Waals surface area contributed by atoms with Crippen LogP contribution in [-0.2, 0) is 4.79 Å². The Labute approximate surface area is 137 Å². The molecule has 2 aromatic carbocycles. The van der Waals surface area contributed by atoms with Gasteiger partial charge in [0.15, 0.2) is 0 Å². The van der Waals surface area contributed by atoms with Gasteiger partial charge in [0.05, 0.1) is 16.5 Å². The average Bonchev–Trinajstić information content (AvgIpc) is 3.11. The van der Waals surface area contributed by atoms with Gasteiger partial charge in [-0.25, -0.2) is 0 Å². The van der Waals surface area contributed by atoms with Crippen LogP contribution in [0.25, 0.3) is 10.9 Å². The van der Waals surface area contributed by atoms with Crippen LogP contribution in [0.15, 0.2) is 54.7 Å². The molecule has 4 rings (SSSR count). The molecule has 1 fully saturated rings. The predicted octanol–water partition coefficient (Wildman–Crippen LogP) is 4.60. The molecule has 1 aliphatic rings. The van der Waals surface area contributed by atoms with Crippen molar-refractivity contribution in [1.29, 1.82) is 0 Å². The van der Waals surface area contributed by atoms with E-state index in [0.717, 1.165) is 22.2 Å². The fourth-order valence-corrected chi connectivity index (χ4v) is 4.28. The van der Waals surface area contributed by atoms with Crippen LogP contribution >= 0.6 is 23.4 Å². The Morgan fingerprint density at radius 1 is 1.14 bits per heavy atom. The summed E-state index contributed by atoms with van der Waals surface area (Å²) in [6.07, 6.45) is 1.99. The quantitative estimate of drug-likeness (QED) is 0.746. The van der Waals surface area contributed by atoms with Gasteiger partial charge in [0, 0.05) is 22.7 Å². The zero-order valence-electron chi connectivity index (χ0n) is 11.6. The first-order valence-corrected chi connectivity index (χ1v) is 8.42. The summed E-state index contributed by atoms with van der Waals surface area (Å²) >= 11 is 7.94. The van der Waals surface area contributed by atoms with Crippen molar-refractivity contribution in [2.45, 2.75) is 5.37 Å². The topological polar surface area (TPSA) is 36.1 Å². The molecule has 1 saturated heterocycles. The molecular weight excluding hydrogens is 316 g/mol. The third-order valence-electron chi connectivity index (χ3n) is 3.87. The van der Waals surface area contributed by atoms with Gasteiger partial charge in [0.2, 0.25) is 5.91 Å². The van der Waals surface area contributed by atoms with Crippen molar-refractivity contribution in [3.8, 4) is 0 Å². The molecule has 0 radical (unpaired) electrons. The van der Waals surface area contributed by atoms with Crippen molar-refractivity contribution < 1.29 is 4.79 Å². The lowest BCUT2D eigenvalue weighted by Crippen LogP contribution is -2.27. The summed E-state index contributed by atoms with van der Waals surface area (Å²) in [5, 5.41) is 1.69. The summed E-state index contributed by atoms with van der Waals surface area (Å²) < 4.78 is 0. The fourth-order valence-electron chi connectivity index (χ4n) is 2.86. The van der Waals surface area contributed by atoms with Gasteiger partial charge in [-0.05, 0) is 18.2 Å². The highest BCUT2D eigenvalue weighted by atomic mass is 35.5. The molecule has 22 heavy (non-hydrogen) atoms. The minimum atomic E-state index is -0.0523. The molecule has 1 atom stereocenters. The Bertz CT molecular complexity index is 860. The average molecular weight is 329 g/mol. The number of hydrogen-bond donors (Lipinski definition) is 1. The molecule has 0 bridgehead atoms. The van der Waals surface area contributed by atoms with Gasteiger partial charge >= 0.3 is 0 Å². The summed E-state index contributed by atoms with van der Waals surface area (Å²) in [4.78, 5) is 17.5. The largest absolute Gasteiger partial charge is 0.361 e. The van der Waals surface area contributed by atoms with Crippen molar-refractivity contribution in [3.05, 3.63) is 65.3 Å². The smallest absolute Gasteiger partial charge is 0.238 e. The third kappa shape index (κ3) is 2.11. The lowest BCUT2D eigenvalue weighted by molar-refractivity contribution is -0.115. The Morgan fingerprint density at radius 3 is 2.77 bits per heavy atom. The summed E-state index contributed by atoms with van der Waals surface area (Å²) in [5.41, 5.74) is 2.97. The Balaban J connectivity index is 1.84. The van der Waals surface area contributed by atoms with E-state index >= 15 is 0 Å². The Morgan fingerprint density at radius 2 is 1.91 bits per heavy atom. The van der Waals surface area contributed by atoms with E-state index in [9.17, 15) is 4.79 Å². The number of benzene rings is 2. The number of fused-ring (bicyclic) bond motifs is 1. The number of H-pyrrole nitrogens is 1. The van der Waals surface area contributed by atoms with Gasteiger partial charge in [0.1, 0.15) is 5.37 Å². The number of aromatic amines is 1. The van der Waals surface area contributed by atoms with Crippen LogP contribution < -0.4 is 4.90 Å². The molecule has 3 nitrogen and oxygen atoms in total. The second kappa shape index (κ2) is 5.38. The second-order valence-electron chi connectivity index (χ2n) is 5.17. The molecule has 1 unspecified atom stereocenters. The molecule has 1 amide bonds. The molecular formula is C17H13ClN2OS. The molecule has 0 spiro atoms. The van der Waals surface area contributed by atoms with Gasteiger partial charge in [0.25, 0.3) is 0 Å². The summed E-state index contributed by atoms with van der Waals surface area (Å²) in [7, 11) is 0. The van der Waals surface area contributed by atoms with Gasteiger partial charge in [-0.3, -0.25) is 9.69 Å². The van der Waals surface area contributed by atoms with Crippen molar-refractivity contribution in [2.24, 2.45) is 0 Å². The number of rotatable bonds is 2. The van der Waals surface area contributed by atoms with Crippen LogP contribution in [-0.4, -0.2) is 16.6 Å². The molecule has 3 aromatic rings. The first-order chi connectivity index (χ1) is 10.8. The number of nitrogens with one attached hydrogen (secondary N) is 1. The molecule has 1 aliphatic heterocycles. The number of carbonyl (C=O) groups excluding carboxylic acids is 1. The van der Waals surface area contributed by atoms with E-state index in [4.69, 9.17) is 11.6 Å². The minimum absolute atomic E-state index is 0.0523. The third-order valence-corrected chi connectivity index (χ3v) is 5.38. The normalized spacial score (nSPS) is 18.3. The van der Waals surface area contributed by atoms with Crippen molar-refractivity contribution >= 4 is 45.9 Å². The van der Waals surface area contributed by atoms with Crippen molar-refractivity contribution in [3.63, 3.8) is 0 Å². The monoisotopic (exact) mass is 328 g/mol.